The third kappa shape index (κ3) is 3.06. The molecule has 0 aliphatic rings. The zero-order valence-electron chi connectivity index (χ0n) is 10.7. The third-order valence-electron chi connectivity index (χ3n) is 3.03. The number of benzene rings is 1. The Hall–Kier alpha value is -1.90. The van der Waals surface area contributed by atoms with Gasteiger partial charge in [0.15, 0.2) is 0 Å². The Morgan fingerprint density at radius 1 is 1.17 bits per heavy atom. The van der Waals surface area contributed by atoms with Crippen molar-refractivity contribution in [2.24, 2.45) is 0 Å². The maximum absolute atomic E-state index is 13.0. The summed E-state index contributed by atoms with van der Waals surface area (Å²) in [7, 11) is 0. The molecule has 1 aromatic heterocycles. The van der Waals surface area contributed by atoms with Crippen molar-refractivity contribution in [3.8, 4) is 0 Å². The van der Waals surface area contributed by atoms with Crippen LogP contribution in [0.25, 0.3) is 0 Å². The lowest BCUT2D eigenvalue weighted by molar-refractivity contribution is 0.625. The van der Waals surface area contributed by atoms with E-state index in [0.29, 0.717) is 0 Å². The van der Waals surface area contributed by atoms with Gasteiger partial charge in [-0.1, -0.05) is 6.07 Å². The minimum absolute atomic E-state index is 0.172. The molecule has 0 saturated heterocycles. The first-order valence-electron chi connectivity index (χ1n) is 6.06. The second-order valence-corrected chi connectivity index (χ2v) is 4.44. The minimum Gasteiger partial charge on any atom is -0.384 e. The van der Waals surface area contributed by atoms with Gasteiger partial charge in [0, 0.05) is 24.6 Å². The smallest absolute Gasteiger partial charge is 0.123 e. The van der Waals surface area contributed by atoms with Crippen molar-refractivity contribution in [1.29, 1.82) is 0 Å². The number of aromatic nitrogens is 1. The lowest BCUT2D eigenvalue weighted by Crippen LogP contribution is -2.07. The Bertz CT molecular complexity index is 538. The molecule has 0 fully saturated rings. The summed E-state index contributed by atoms with van der Waals surface area (Å²) in [6.45, 7) is 4.80. The van der Waals surface area contributed by atoms with Gasteiger partial charge in [-0.05, 0) is 55.2 Å². The van der Waals surface area contributed by atoms with Gasteiger partial charge in [0.05, 0.1) is 0 Å². The molecule has 0 aliphatic heterocycles. The summed E-state index contributed by atoms with van der Waals surface area (Å²) < 4.78 is 13.0. The van der Waals surface area contributed by atoms with Crippen LogP contribution in [-0.2, 0) is 6.42 Å². The monoisotopic (exact) mass is 244 g/mol. The number of anilines is 1. The molecule has 3 heteroatoms. The summed E-state index contributed by atoms with van der Waals surface area (Å²) >= 11 is 0. The topological polar surface area (TPSA) is 24.9 Å². The molecule has 0 radical (unpaired) electrons. The SMILES string of the molecule is Cc1cc(F)ccc1CCNc1ccncc1C. The fourth-order valence-corrected chi connectivity index (χ4v) is 1.94. The summed E-state index contributed by atoms with van der Waals surface area (Å²) in [6, 6.07) is 6.91. The molecule has 2 rings (SSSR count). The largest absolute Gasteiger partial charge is 0.384 e. The van der Waals surface area contributed by atoms with Gasteiger partial charge in [-0.15, -0.1) is 0 Å². The molecule has 1 heterocycles. The summed E-state index contributed by atoms with van der Waals surface area (Å²) in [4.78, 5) is 4.05. The maximum atomic E-state index is 13.0. The zero-order valence-corrected chi connectivity index (χ0v) is 10.7. The summed E-state index contributed by atoms with van der Waals surface area (Å²) in [5.41, 5.74) is 4.41. The Kier molecular flexibility index (Phi) is 3.92. The summed E-state index contributed by atoms with van der Waals surface area (Å²) in [5.74, 6) is -0.172. The van der Waals surface area contributed by atoms with Crippen LogP contribution in [0, 0.1) is 19.7 Å². The normalized spacial score (nSPS) is 10.4. The van der Waals surface area contributed by atoms with Crippen molar-refractivity contribution < 1.29 is 4.39 Å². The number of pyridine rings is 1. The first kappa shape index (κ1) is 12.6. The Morgan fingerprint density at radius 2 is 2.00 bits per heavy atom. The van der Waals surface area contributed by atoms with Gasteiger partial charge in [-0.3, -0.25) is 4.98 Å². The van der Waals surface area contributed by atoms with Crippen LogP contribution in [0.1, 0.15) is 16.7 Å². The Labute approximate surface area is 107 Å². The van der Waals surface area contributed by atoms with Crippen LogP contribution in [0.4, 0.5) is 10.1 Å². The van der Waals surface area contributed by atoms with Crippen molar-refractivity contribution in [2.75, 3.05) is 11.9 Å². The van der Waals surface area contributed by atoms with E-state index in [1.807, 2.05) is 32.2 Å². The average Bonchev–Trinajstić information content (AvgIpc) is 2.34. The molecular formula is C15H17FN2. The van der Waals surface area contributed by atoms with E-state index in [-0.39, 0.29) is 5.82 Å². The highest BCUT2D eigenvalue weighted by Gasteiger charge is 2.01. The maximum Gasteiger partial charge on any atom is 0.123 e. The molecule has 0 unspecified atom stereocenters. The number of rotatable bonds is 4. The predicted molar refractivity (Wildman–Crippen MR) is 72.3 cm³/mol. The van der Waals surface area contributed by atoms with E-state index in [0.717, 1.165) is 29.8 Å². The number of nitrogens with one attached hydrogen (secondary N) is 1. The summed E-state index contributed by atoms with van der Waals surface area (Å²) in [5, 5.41) is 3.37. The molecule has 0 bridgehead atoms. The number of aryl methyl sites for hydroxylation is 2. The molecule has 0 amide bonds. The highest BCUT2D eigenvalue weighted by Crippen LogP contribution is 2.13. The van der Waals surface area contributed by atoms with Crippen LogP contribution in [0.3, 0.4) is 0 Å². The zero-order chi connectivity index (χ0) is 13.0. The fraction of sp³-hybridized carbons (Fsp3) is 0.267. The molecule has 0 spiro atoms. The predicted octanol–water partition coefficient (Wildman–Crippen LogP) is 3.49. The van der Waals surface area contributed by atoms with Crippen LogP contribution in [-0.4, -0.2) is 11.5 Å². The van der Waals surface area contributed by atoms with Gasteiger partial charge >= 0.3 is 0 Å². The van der Waals surface area contributed by atoms with E-state index >= 15 is 0 Å². The van der Waals surface area contributed by atoms with Crippen molar-refractivity contribution in [1.82, 2.24) is 4.98 Å². The van der Waals surface area contributed by atoms with E-state index in [9.17, 15) is 4.39 Å². The molecule has 0 aliphatic carbocycles. The van der Waals surface area contributed by atoms with Crippen molar-refractivity contribution in [3.05, 3.63) is 59.2 Å². The van der Waals surface area contributed by atoms with Crippen LogP contribution < -0.4 is 5.32 Å². The van der Waals surface area contributed by atoms with Crippen molar-refractivity contribution >= 4 is 5.69 Å². The highest BCUT2D eigenvalue weighted by molar-refractivity contribution is 5.48. The number of halogens is 1. The van der Waals surface area contributed by atoms with E-state index in [4.69, 9.17) is 0 Å². The first-order chi connectivity index (χ1) is 8.66. The van der Waals surface area contributed by atoms with Crippen molar-refractivity contribution in [3.63, 3.8) is 0 Å². The second kappa shape index (κ2) is 5.63. The standard InChI is InChI=1S/C15H17FN2/c1-11-9-14(16)4-3-13(11)5-8-18-15-6-7-17-10-12(15)2/h3-4,6-7,9-10H,5,8H2,1-2H3,(H,17,18). The van der Waals surface area contributed by atoms with E-state index in [1.165, 1.54) is 11.6 Å². The van der Waals surface area contributed by atoms with Gasteiger partial charge < -0.3 is 5.32 Å². The molecule has 94 valence electrons. The average molecular weight is 244 g/mol. The minimum atomic E-state index is -0.172. The van der Waals surface area contributed by atoms with Crippen LogP contribution in [0.2, 0.25) is 0 Å². The fourth-order valence-electron chi connectivity index (χ4n) is 1.94. The van der Waals surface area contributed by atoms with E-state index in [2.05, 4.69) is 10.3 Å². The van der Waals surface area contributed by atoms with Crippen LogP contribution in [0.15, 0.2) is 36.7 Å². The molecule has 1 N–H and O–H groups in total. The number of hydrogen-bond acceptors (Lipinski definition) is 2. The van der Waals surface area contributed by atoms with Crippen LogP contribution >= 0.6 is 0 Å². The second-order valence-electron chi connectivity index (χ2n) is 4.44. The van der Waals surface area contributed by atoms with E-state index in [1.54, 1.807) is 12.3 Å². The van der Waals surface area contributed by atoms with E-state index < -0.39 is 0 Å². The van der Waals surface area contributed by atoms with Gasteiger partial charge in [0.25, 0.3) is 0 Å². The quantitative estimate of drug-likeness (QED) is 0.890. The lowest BCUT2D eigenvalue weighted by atomic mass is 10.1. The molecule has 2 aromatic rings. The van der Waals surface area contributed by atoms with Crippen LogP contribution in [0.5, 0.6) is 0 Å². The summed E-state index contributed by atoms with van der Waals surface area (Å²) in [6.07, 6.45) is 4.50. The van der Waals surface area contributed by atoms with Gasteiger partial charge in [-0.2, -0.15) is 0 Å². The lowest BCUT2D eigenvalue weighted by Gasteiger charge is -2.10. The molecule has 18 heavy (non-hydrogen) atoms. The Balaban J connectivity index is 1.95. The highest BCUT2D eigenvalue weighted by atomic mass is 19.1. The Morgan fingerprint density at radius 3 is 2.72 bits per heavy atom. The van der Waals surface area contributed by atoms with Gasteiger partial charge in [0.1, 0.15) is 5.82 Å². The molecule has 1 aromatic carbocycles. The van der Waals surface area contributed by atoms with Gasteiger partial charge in [-0.25, -0.2) is 4.39 Å². The first-order valence-corrected chi connectivity index (χ1v) is 6.06. The number of hydrogen-bond donors (Lipinski definition) is 1. The molecular weight excluding hydrogens is 227 g/mol. The van der Waals surface area contributed by atoms with Crippen molar-refractivity contribution in [2.45, 2.75) is 20.3 Å². The van der Waals surface area contributed by atoms with Gasteiger partial charge in [0.2, 0.25) is 0 Å². The molecule has 0 saturated carbocycles. The molecule has 0 atom stereocenters. The molecule has 2 nitrogen and oxygen atoms in total. The number of nitrogens with zero attached hydrogens (tertiary/aromatic N) is 1. The third-order valence-corrected chi connectivity index (χ3v) is 3.03.